The van der Waals surface area contributed by atoms with Crippen molar-refractivity contribution in [3.63, 3.8) is 0 Å². The van der Waals surface area contributed by atoms with Gasteiger partial charge in [0.05, 0.1) is 13.2 Å². The third kappa shape index (κ3) is 1.52. The highest BCUT2D eigenvalue weighted by molar-refractivity contribution is 4.89. The molecular weight excluding hydrogens is 152 g/mol. The summed E-state index contributed by atoms with van der Waals surface area (Å²) in [5.41, 5.74) is 0. The summed E-state index contributed by atoms with van der Waals surface area (Å²) < 4.78 is 4.88. The van der Waals surface area contributed by atoms with Crippen molar-refractivity contribution in [3.8, 4) is 0 Å². The van der Waals surface area contributed by atoms with Gasteiger partial charge in [0.25, 0.3) is 0 Å². The first-order chi connectivity index (χ1) is 5.20. The lowest BCUT2D eigenvalue weighted by atomic mass is 10.1. The van der Waals surface area contributed by atoms with E-state index in [0.29, 0.717) is 0 Å². The lowest BCUT2D eigenvalue weighted by molar-refractivity contribution is -0.0395. The first-order valence-electron chi connectivity index (χ1n) is 3.44. The van der Waals surface area contributed by atoms with Crippen molar-refractivity contribution in [2.45, 2.75) is 24.4 Å². The van der Waals surface area contributed by atoms with Crippen LogP contribution in [0, 0.1) is 0 Å². The number of aliphatic hydroxyl groups is 4. The smallest absolute Gasteiger partial charge is 0.111 e. The first kappa shape index (κ1) is 8.89. The van der Waals surface area contributed by atoms with E-state index in [4.69, 9.17) is 25.2 Å². The van der Waals surface area contributed by atoms with E-state index >= 15 is 0 Å². The number of aliphatic hydroxyl groups excluding tert-OH is 4. The Kier molecular flexibility index (Phi) is 2.80. The molecule has 1 aliphatic rings. The molecule has 0 aromatic heterocycles. The fourth-order valence-electron chi connectivity index (χ4n) is 1.13. The van der Waals surface area contributed by atoms with Gasteiger partial charge in [0, 0.05) is 0 Å². The van der Waals surface area contributed by atoms with E-state index in [1.54, 1.807) is 0 Å². The van der Waals surface area contributed by atoms with Crippen molar-refractivity contribution in [1.82, 2.24) is 0 Å². The summed E-state index contributed by atoms with van der Waals surface area (Å²) in [4.78, 5) is 0. The van der Waals surface area contributed by atoms with Crippen LogP contribution >= 0.6 is 0 Å². The van der Waals surface area contributed by atoms with Gasteiger partial charge in [-0.15, -0.1) is 0 Å². The zero-order valence-electron chi connectivity index (χ0n) is 5.92. The molecule has 66 valence electrons. The Labute approximate surface area is 63.8 Å². The van der Waals surface area contributed by atoms with Gasteiger partial charge in [0.1, 0.15) is 24.4 Å². The maximum absolute atomic E-state index is 9.11. The second-order valence-electron chi connectivity index (χ2n) is 2.56. The third-order valence-electron chi connectivity index (χ3n) is 1.82. The SMILES string of the molecule is OC[C@@H]1O[C@H](CO)[C@H](O)[C@H]1O. The average Bonchev–Trinajstić information content (AvgIpc) is 2.30. The van der Waals surface area contributed by atoms with Crippen molar-refractivity contribution < 1.29 is 25.2 Å². The quantitative estimate of drug-likeness (QED) is 0.361. The Morgan fingerprint density at radius 2 is 1.27 bits per heavy atom. The third-order valence-corrected chi connectivity index (χ3v) is 1.82. The van der Waals surface area contributed by atoms with Crippen molar-refractivity contribution in [1.29, 1.82) is 0 Å². The predicted octanol–water partition coefficient (Wildman–Crippen LogP) is -2.54. The number of ether oxygens (including phenoxy) is 1. The summed E-state index contributed by atoms with van der Waals surface area (Å²) in [6, 6.07) is 0. The molecule has 0 aromatic carbocycles. The molecule has 0 bridgehead atoms. The van der Waals surface area contributed by atoms with Crippen molar-refractivity contribution >= 4 is 0 Å². The van der Waals surface area contributed by atoms with Gasteiger partial charge < -0.3 is 25.2 Å². The van der Waals surface area contributed by atoms with Crippen LogP contribution < -0.4 is 0 Å². The minimum atomic E-state index is -1.10. The molecule has 0 amide bonds. The van der Waals surface area contributed by atoms with E-state index in [1.807, 2.05) is 0 Å². The summed E-state index contributed by atoms with van der Waals surface area (Å²) in [5.74, 6) is 0. The molecule has 0 aromatic rings. The van der Waals surface area contributed by atoms with Gasteiger partial charge in [0.15, 0.2) is 0 Å². The standard InChI is InChI=1S/C6H12O5/c7-1-3-5(9)6(10)4(2-8)11-3/h3-10H,1-2H2/t3-,4+,5-,6-/m0/s1. The molecule has 0 radical (unpaired) electrons. The molecule has 1 fully saturated rings. The van der Waals surface area contributed by atoms with Crippen molar-refractivity contribution in [2.75, 3.05) is 13.2 Å². The molecule has 1 aliphatic heterocycles. The molecule has 0 spiro atoms. The Balaban J connectivity index is 2.53. The van der Waals surface area contributed by atoms with E-state index in [1.165, 1.54) is 0 Å². The van der Waals surface area contributed by atoms with Crippen LogP contribution in [0.2, 0.25) is 0 Å². The van der Waals surface area contributed by atoms with Crippen molar-refractivity contribution in [2.24, 2.45) is 0 Å². The minimum Gasteiger partial charge on any atom is -0.394 e. The molecule has 4 atom stereocenters. The highest BCUT2D eigenvalue weighted by Crippen LogP contribution is 2.20. The second kappa shape index (κ2) is 3.46. The fourth-order valence-corrected chi connectivity index (χ4v) is 1.13. The van der Waals surface area contributed by atoms with Crippen LogP contribution in [0.25, 0.3) is 0 Å². The molecule has 0 aliphatic carbocycles. The summed E-state index contributed by atoms with van der Waals surface area (Å²) >= 11 is 0. The van der Waals surface area contributed by atoms with E-state index < -0.39 is 24.4 Å². The molecule has 0 unspecified atom stereocenters. The summed E-state index contributed by atoms with van der Waals surface area (Å²) in [5, 5.41) is 35.4. The monoisotopic (exact) mass is 164 g/mol. The maximum atomic E-state index is 9.11. The Morgan fingerprint density at radius 1 is 0.909 bits per heavy atom. The summed E-state index contributed by atoms with van der Waals surface area (Å²) in [6.45, 7) is -0.705. The van der Waals surface area contributed by atoms with Crippen LogP contribution in [0.5, 0.6) is 0 Å². The van der Waals surface area contributed by atoms with Crippen LogP contribution in [0.3, 0.4) is 0 Å². The predicted molar refractivity (Wildman–Crippen MR) is 34.8 cm³/mol. The van der Waals surface area contributed by atoms with Gasteiger partial charge >= 0.3 is 0 Å². The average molecular weight is 164 g/mol. The number of hydrogen-bond donors (Lipinski definition) is 4. The zero-order valence-corrected chi connectivity index (χ0v) is 5.92. The second-order valence-corrected chi connectivity index (χ2v) is 2.56. The van der Waals surface area contributed by atoms with E-state index in [9.17, 15) is 0 Å². The Hall–Kier alpha value is -0.200. The van der Waals surface area contributed by atoms with E-state index in [0.717, 1.165) is 0 Å². The molecule has 1 rings (SSSR count). The molecule has 1 heterocycles. The molecule has 4 N–H and O–H groups in total. The van der Waals surface area contributed by atoms with Crippen LogP contribution in [-0.2, 0) is 4.74 Å². The van der Waals surface area contributed by atoms with Crippen LogP contribution in [0.1, 0.15) is 0 Å². The van der Waals surface area contributed by atoms with E-state index in [2.05, 4.69) is 0 Å². The first-order valence-corrected chi connectivity index (χ1v) is 3.44. The normalized spacial score (nSPS) is 44.7. The van der Waals surface area contributed by atoms with Crippen molar-refractivity contribution in [3.05, 3.63) is 0 Å². The molecular formula is C6H12O5. The zero-order chi connectivity index (χ0) is 8.43. The Bertz CT molecular complexity index is 110. The summed E-state index contributed by atoms with van der Waals surface area (Å²) in [6.07, 6.45) is -3.75. The molecule has 11 heavy (non-hydrogen) atoms. The van der Waals surface area contributed by atoms with E-state index in [-0.39, 0.29) is 13.2 Å². The molecule has 5 heteroatoms. The van der Waals surface area contributed by atoms with Crippen LogP contribution in [-0.4, -0.2) is 58.1 Å². The topological polar surface area (TPSA) is 90.2 Å². The largest absolute Gasteiger partial charge is 0.394 e. The highest BCUT2D eigenvalue weighted by atomic mass is 16.6. The lowest BCUT2D eigenvalue weighted by Gasteiger charge is -2.10. The van der Waals surface area contributed by atoms with Gasteiger partial charge in [-0.2, -0.15) is 0 Å². The fraction of sp³-hybridized carbons (Fsp3) is 1.00. The number of rotatable bonds is 2. The molecule has 1 saturated heterocycles. The minimum absolute atomic E-state index is 0.352. The van der Waals surface area contributed by atoms with Crippen LogP contribution in [0.4, 0.5) is 0 Å². The molecule has 5 nitrogen and oxygen atoms in total. The Morgan fingerprint density at radius 3 is 1.45 bits per heavy atom. The maximum Gasteiger partial charge on any atom is 0.111 e. The highest BCUT2D eigenvalue weighted by Gasteiger charge is 2.41. The lowest BCUT2D eigenvalue weighted by Crippen LogP contribution is -2.34. The van der Waals surface area contributed by atoms with Gasteiger partial charge in [-0.3, -0.25) is 0 Å². The van der Waals surface area contributed by atoms with Gasteiger partial charge in [-0.25, -0.2) is 0 Å². The molecule has 0 saturated carbocycles. The summed E-state index contributed by atoms with van der Waals surface area (Å²) in [7, 11) is 0. The van der Waals surface area contributed by atoms with Gasteiger partial charge in [-0.05, 0) is 0 Å². The van der Waals surface area contributed by atoms with Gasteiger partial charge in [-0.1, -0.05) is 0 Å². The van der Waals surface area contributed by atoms with Crippen LogP contribution in [0.15, 0.2) is 0 Å². The number of hydrogen-bond acceptors (Lipinski definition) is 5. The van der Waals surface area contributed by atoms with Gasteiger partial charge in [0.2, 0.25) is 0 Å².